The number of benzene rings is 3. The summed E-state index contributed by atoms with van der Waals surface area (Å²) in [5.74, 6) is 2.67. The molecule has 152 valence electrons. The second-order valence-corrected chi connectivity index (χ2v) is 7.17. The van der Waals surface area contributed by atoms with Gasteiger partial charge in [0.25, 0.3) is 5.91 Å². The second-order valence-electron chi connectivity index (χ2n) is 6.26. The molecule has 4 nitrogen and oxygen atoms in total. The van der Waals surface area contributed by atoms with Crippen LogP contribution in [0.15, 0.2) is 65.1 Å². The lowest BCUT2D eigenvalue weighted by molar-refractivity contribution is 0.0438. The summed E-state index contributed by atoms with van der Waals surface area (Å²) in [5.41, 5.74) is 3.95. The van der Waals surface area contributed by atoms with Gasteiger partial charge >= 0.3 is 0 Å². The number of anilines is 2. The first-order chi connectivity index (χ1) is 14.5. The van der Waals surface area contributed by atoms with Crippen LogP contribution in [0.25, 0.3) is 0 Å². The second kappa shape index (κ2) is 10.0. The molecule has 3 aromatic carbocycles. The van der Waals surface area contributed by atoms with Gasteiger partial charge in [-0.3, -0.25) is 9.63 Å². The van der Waals surface area contributed by atoms with Gasteiger partial charge in [-0.2, -0.15) is 0 Å². The average Bonchev–Trinajstić information content (AvgIpc) is 2.73. The minimum atomic E-state index is -1.16. The third kappa shape index (κ3) is 5.44. The van der Waals surface area contributed by atoms with Gasteiger partial charge in [-0.05, 0) is 55.0 Å². The SMILES string of the molecule is Cc1cc(Br)ccc1Nc1c(C(=O)NOCC#Cc2ccccc2)ccc(F)c1F. The Morgan fingerprint density at radius 3 is 2.60 bits per heavy atom. The Hall–Kier alpha value is -3.21. The Labute approximate surface area is 181 Å². The molecule has 0 saturated heterocycles. The molecule has 0 aliphatic heterocycles. The molecule has 2 N–H and O–H groups in total. The van der Waals surface area contributed by atoms with Crippen molar-refractivity contribution in [3.8, 4) is 11.8 Å². The molecule has 0 aliphatic carbocycles. The van der Waals surface area contributed by atoms with Crippen LogP contribution in [0.3, 0.4) is 0 Å². The van der Waals surface area contributed by atoms with Gasteiger partial charge in [-0.1, -0.05) is 46.0 Å². The molecule has 7 heteroatoms. The van der Waals surface area contributed by atoms with Crippen molar-refractivity contribution in [2.75, 3.05) is 11.9 Å². The smallest absolute Gasteiger partial charge is 0.277 e. The predicted molar refractivity (Wildman–Crippen MR) is 115 cm³/mol. The summed E-state index contributed by atoms with van der Waals surface area (Å²) in [5, 5.41) is 2.80. The minimum absolute atomic E-state index is 0.0705. The minimum Gasteiger partial charge on any atom is -0.352 e. The quantitative estimate of drug-likeness (QED) is 0.294. The molecule has 0 aliphatic rings. The van der Waals surface area contributed by atoms with Crippen LogP contribution in [0.2, 0.25) is 0 Å². The summed E-state index contributed by atoms with van der Waals surface area (Å²) >= 11 is 3.35. The Morgan fingerprint density at radius 1 is 1.10 bits per heavy atom. The third-order valence-corrected chi connectivity index (χ3v) is 4.60. The summed E-state index contributed by atoms with van der Waals surface area (Å²) in [7, 11) is 0. The lowest BCUT2D eigenvalue weighted by atomic mass is 10.1. The lowest BCUT2D eigenvalue weighted by Gasteiger charge is -2.15. The van der Waals surface area contributed by atoms with Crippen LogP contribution in [0.1, 0.15) is 21.5 Å². The molecule has 0 saturated carbocycles. The van der Waals surface area contributed by atoms with E-state index in [4.69, 9.17) is 4.84 Å². The standard InChI is InChI=1S/C23H17BrF2N2O2/c1-15-14-17(24)9-12-20(15)27-22-18(10-11-19(25)21(22)26)23(29)28-30-13-5-8-16-6-3-2-4-7-16/h2-4,6-7,9-12,14,27H,13H2,1H3,(H,28,29). The molecular weight excluding hydrogens is 454 g/mol. The molecule has 0 bridgehead atoms. The normalized spacial score (nSPS) is 10.1. The predicted octanol–water partition coefficient (Wildman–Crippen LogP) is 5.49. The maximum Gasteiger partial charge on any atom is 0.277 e. The first kappa shape index (κ1) is 21.5. The van der Waals surface area contributed by atoms with Gasteiger partial charge in [-0.15, -0.1) is 0 Å². The van der Waals surface area contributed by atoms with E-state index in [1.165, 1.54) is 6.07 Å². The van der Waals surface area contributed by atoms with Gasteiger partial charge in [0.2, 0.25) is 0 Å². The van der Waals surface area contributed by atoms with E-state index < -0.39 is 17.5 Å². The molecule has 0 aromatic heterocycles. The molecule has 1 amide bonds. The highest BCUT2D eigenvalue weighted by molar-refractivity contribution is 9.10. The number of hydrogen-bond donors (Lipinski definition) is 2. The highest BCUT2D eigenvalue weighted by Crippen LogP contribution is 2.29. The van der Waals surface area contributed by atoms with Crippen molar-refractivity contribution in [1.82, 2.24) is 5.48 Å². The lowest BCUT2D eigenvalue weighted by Crippen LogP contribution is -2.25. The summed E-state index contributed by atoms with van der Waals surface area (Å²) in [4.78, 5) is 17.5. The van der Waals surface area contributed by atoms with E-state index in [2.05, 4.69) is 38.6 Å². The molecule has 0 heterocycles. The molecule has 0 radical (unpaired) electrons. The molecule has 0 fully saturated rings. The fourth-order valence-electron chi connectivity index (χ4n) is 2.62. The van der Waals surface area contributed by atoms with Crippen LogP contribution < -0.4 is 10.8 Å². The van der Waals surface area contributed by atoms with Crippen LogP contribution in [-0.2, 0) is 4.84 Å². The molecule has 0 spiro atoms. The average molecular weight is 471 g/mol. The summed E-state index contributed by atoms with van der Waals surface area (Å²) in [6, 6.07) is 16.6. The van der Waals surface area contributed by atoms with Gasteiger partial charge in [0.1, 0.15) is 6.61 Å². The fraction of sp³-hybridized carbons (Fsp3) is 0.0870. The van der Waals surface area contributed by atoms with Crippen molar-refractivity contribution in [2.24, 2.45) is 0 Å². The van der Waals surface area contributed by atoms with E-state index in [1.807, 2.05) is 36.4 Å². The van der Waals surface area contributed by atoms with Crippen LogP contribution in [-0.4, -0.2) is 12.5 Å². The van der Waals surface area contributed by atoms with E-state index in [0.717, 1.165) is 21.7 Å². The zero-order chi connectivity index (χ0) is 21.5. The van der Waals surface area contributed by atoms with E-state index in [-0.39, 0.29) is 17.9 Å². The van der Waals surface area contributed by atoms with Crippen LogP contribution in [0, 0.1) is 30.4 Å². The monoisotopic (exact) mass is 470 g/mol. The summed E-state index contributed by atoms with van der Waals surface area (Å²) in [6.07, 6.45) is 0. The Balaban J connectivity index is 1.72. The number of aryl methyl sites for hydroxylation is 1. The number of carbonyl (C=O) groups excluding carboxylic acids is 1. The maximum atomic E-state index is 14.5. The number of hydroxylamine groups is 1. The number of amides is 1. The van der Waals surface area contributed by atoms with Crippen molar-refractivity contribution in [3.05, 3.63) is 93.5 Å². The number of halogens is 3. The van der Waals surface area contributed by atoms with Gasteiger partial charge in [0.15, 0.2) is 11.6 Å². The molecule has 30 heavy (non-hydrogen) atoms. The van der Waals surface area contributed by atoms with E-state index in [0.29, 0.717) is 5.69 Å². The van der Waals surface area contributed by atoms with Crippen LogP contribution in [0.4, 0.5) is 20.2 Å². The summed E-state index contributed by atoms with van der Waals surface area (Å²) < 4.78 is 29.1. The van der Waals surface area contributed by atoms with E-state index in [9.17, 15) is 13.6 Å². The topological polar surface area (TPSA) is 50.4 Å². The van der Waals surface area contributed by atoms with Crippen molar-refractivity contribution in [3.63, 3.8) is 0 Å². The third-order valence-electron chi connectivity index (χ3n) is 4.10. The Bertz CT molecular complexity index is 1130. The zero-order valence-corrected chi connectivity index (χ0v) is 17.5. The van der Waals surface area contributed by atoms with Gasteiger partial charge in [-0.25, -0.2) is 14.3 Å². The molecule has 0 unspecified atom stereocenters. The van der Waals surface area contributed by atoms with Crippen molar-refractivity contribution >= 4 is 33.2 Å². The fourth-order valence-corrected chi connectivity index (χ4v) is 3.09. The van der Waals surface area contributed by atoms with Crippen LogP contribution >= 0.6 is 15.9 Å². The van der Waals surface area contributed by atoms with Crippen molar-refractivity contribution < 1.29 is 18.4 Å². The Morgan fingerprint density at radius 2 is 1.87 bits per heavy atom. The first-order valence-corrected chi connectivity index (χ1v) is 9.72. The van der Waals surface area contributed by atoms with Gasteiger partial charge in [0.05, 0.1) is 11.3 Å². The van der Waals surface area contributed by atoms with Crippen LogP contribution in [0.5, 0.6) is 0 Å². The molecular formula is C23H17BrF2N2O2. The number of hydrogen-bond acceptors (Lipinski definition) is 3. The van der Waals surface area contributed by atoms with E-state index in [1.54, 1.807) is 19.1 Å². The van der Waals surface area contributed by atoms with Crippen molar-refractivity contribution in [2.45, 2.75) is 6.92 Å². The number of rotatable bonds is 5. The van der Waals surface area contributed by atoms with Crippen molar-refractivity contribution in [1.29, 1.82) is 0 Å². The molecule has 0 atom stereocenters. The highest BCUT2D eigenvalue weighted by Gasteiger charge is 2.19. The Kier molecular flexibility index (Phi) is 7.17. The highest BCUT2D eigenvalue weighted by atomic mass is 79.9. The molecule has 3 aromatic rings. The summed E-state index contributed by atoms with van der Waals surface area (Å²) in [6.45, 7) is 1.73. The maximum absolute atomic E-state index is 14.5. The first-order valence-electron chi connectivity index (χ1n) is 8.93. The van der Waals surface area contributed by atoms with Gasteiger partial charge in [0, 0.05) is 15.7 Å². The number of carbonyl (C=O) groups is 1. The van der Waals surface area contributed by atoms with Gasteiger partial charge < -0.3 is 5.32 Å². The number of nitrogens with one attached hydrogen (secondary N) is 2. The molecule has 3 rings (SSSR count). The zero-order valence-electron chi connectivity index (χ0n) is 15.9. The largest absolute Gasteiger partial charge is 0.352 e. The van der Waals surface area contributed by atoms with E-state index >= 15 is 0 Å².